The molecule has 3 N–H and O–H groups in total. The van der Waals surface area contributed by atoms with Crippen molar-refractivity contribution in [1.29, 1.82) is 0 Å². The van der Waals surface area contributed by atoms with Gasteiger partial charge < -0.3 is 0 Å². The van der Waals surface area contributed by atoms with Gasteiger partial charge in [0.2, 0.25) is 15.0 Å². The van der Waals surface area contributed by atoms with Crippen LogP contribution in [0, 0.1) is 5.82 Å². The number of hydrogen-bond donors (Lipinski definition) is 2. The number of nitrogens with two attached hydrogens (primary N) is 1. The van der Waals surface area contributed by atoms with E-state index >= 15 is 0 Å². The molecule has 2 aromatic rings. The molecule has 0 aromatic carbocycles. The van der Waals surface area contributed by atoms with Crippen molar-refractivity contribution in [1.82, 2.24) is 9.71 Å². The van der Waals surface area contributed by atoms with E-state index in [0.717, 1.165) is 23.6 Å². The summed E-state index contributed by atoms with van der Waals surface area (Å²) in [6.07, 6.45) is 1.15. The minimum Gasteiger partial charge on any atom is -0.241 e. The van der Waals surface area contributed by atoms with Crippen molar-refractivity contribution in [3.05, 3.63) is 41.2 Å². The zero-order valence-electron chi connectivity index (χ0n) is 10.4. The molecular formula is C10H10FN3O4S3. The Morgan fingerprint density at radius 3 is 2.52 bits per heavy atom. The van der Waals surface area contributed by atoms with E-state index in [1.54, 1.807) is 0 Å². The second-order valence-electron chi connectivity index (χ2n) is 3.88. The van der Waals surface area contributed by atoms with Crippen LogP contribution in [-0.4, -0.2) is 21.8 Å². The third-order valence-corrected chi connectivity index (χ3v) is 6.19. The molecule has 0 saturated carbocycles. The summed E-state index contributed by atoms with van der Waals surface area (Å²) in [5, 5.41) is 4.23. The Bertz CT molecular complexity index is 861. The van der Waals surface area contributed by atoms with Gasteiger partial charge in [0.15, 0.2) is 5.82 Å². The first-order valence-corrected chi connectivity index (χ1v) is 9.26. The third-order valence-electron chi connectivity index (χ3n) is 2.33. The van der Waals surface area contributed by atoms with Crippen molar-refractivity contribution in [2.45, 2.75) is 15.8 Å². The van der Waals surface area contributed by atoms with Gasteiger partial charge in [0.25, 0.3) is 10.0 Å². The number of aromatic nitrogens is 1. The number of pyridine rings is 1. The number of hydrogen-bond acceptors (Lipinski definition) is 6. The smallest absolute Gasteiger partial charge is 0.241 e. The van der Waals surface area contributed by atoms with Crippen molar-refractivity contribution in [2.75, 3.05) is 0 Å². The Hall–Kier alpha value is -1.40. The summed E-state index contributed by atoms with van der Waals surface area (Å²) in [6.45, 7) is -0.196. The largest absolute Gasteiger partial charge is 0.261 e. The molecule has 7 nitrogen and oxygen atoms in total. The number of rotatable bonds is 5. The number of thiophene rings is 1. The molecule has 0 amide bonds. The van der Waals surface area contributed by atoms with E-state index in [9.17, 15) is 21.2 Å². The van der Waals surface area contributed by atoms with E-state index < -0.39 is 30.9 Å². The fourth-order valence-electron chi connectivity index (χ4n) is 1.41. The molecule has 0 unspecified atom stereocenters. The molecule has 0 aliphatic rings. The molecule has 0 fully saturated rings. The Morgan fingerprint density at radius 1 is 1.24 bits per heavy atom. The second-order valence-corrected chi connectivity index (χ2v) is 8.52. The van der Waals surface area contributed by atoms with Gasteiger partial charge in [0.05, 0.1) is 0 Å². The lowest BCUT2D eigenvalue weighted by atomic mass is 10.5. The van der Waals surface area contributed by atoms with Gasteiger partial charge in [-0.1, -0.05) is 0 Å². The highest BCUT2D eigenvalue weighted by atomic mass is 32.2. The summed E-state index contributed by atoms with van der Waals surface area (Å²) in [7, 11) is -7.95. The van der Waals surface area contributed by atoms with Crippen LogP contribution in [0.2, 0.25) is 0 Å². The quantitative estimate of drug-likeness (QED) is 0.808. The number of nitrogens with one attached hydrogen (secondary N) is 1. The van der Waals surface area contributed by atoms with E-state index in [-0.39, 0.29) is 10.8 Å². The highest BCUT2D eigenvalue weighted by Crippen LogP contribution is 2.20. The highest BCUT2D eigenvalue weighted by molar-refractivity contribution is 7.91. The molecule has 0 bridgehead atoms. The molecule has 0 spiro atoms. The van der Waals surface area contributed by atoms with Crippen LogP contribution in [-0.2, 0) is 26.6 Å². The number of nitrogens with zero attached hydrogens (tertiary/aromatic N) is 1. The maximum Gasteiger partial charge on any atom is 0.261 e. The zero-order chi connectivity index (χ0) is 15.7. The van der Waals surface area contributed by atoms with Crippen LogP contribution in [0.4, 0.5) is 4.39 Å². The fourth-order valence-corrected chi connectivity index (χ4v) is 4.23. The topological polar surface area (TPSA) is 119 Å². The van der Waals surface area contributed by atoms with E-state index in [1.165, 1.54) is 18.2 Å². The van der Waals surface area contributed by atoms with E-state index in [2.05, 4.69) is 9.71 Å². The second kappa shape index (κ2) is 5.77. The Morgan fingerprint density at radius 2 is 1.95 bits per heavy atom. The Labute approximate surface area is 124 Å². The van der Waals surface area contributed by atoms with Crippen molar-refractivity contribution in [3.8, 4) is 0 Å². The van der Waals surface area contributed by atoms with Gasteiger partial charge in [-0.05, 0) is 24.3 Å². The molecule has 2 aromatic heterocycles. The van der Waals surface area contributed by atoms with Crippen LogP contribution in [0.5, 0.6) is 0 Å². The Balaban J connectivity index is 2.16. The zero-order valence-corrected chi connectivity index (χ0v) is 12.8. The van der Waals surface area contributed by atoms with Crippen LogP contribution in [0.15, 0.2) is 39.7 Å². The van der Waals surface area contributed by atoms with Crippen LogP contribution in [0.25, 0.3) is 0 Å². The molecule has 2 rings (SSSR count). The van der Waals surface area contributed by atoms with Crippen molar-refractivity contribution in [2.24, 2.45) is 5.14 Å². The molecule has 2 heterocycles. The van der Waals surface area contributed by atoms with Gasteiger partial charge in [0.1, 0.15) is 4.21 Å². The maximum absolute atomic E-state index is 13.4. The molecular weight excluding hydrogens is 341 g/mol. The first kappa shape index (κ1) is 16.0. The number of halogens is 1. The highest BCUT2D eigenvalue weighted by Gasteiger charge is 2.20. The predicted molar refractivity (Wildman–Crippen MR) is 73.9 cm³/mol. The standard InChI is InChI=1S/C10H10FN3O4S3/c11-8-2-1-5-13-10(8)21(17,18)14-6-7-3-4-9(19-7)20(12,15)16/h1-5,14H,6H2,(H2,12,15,16). The van der Waals surface area contributed by atoms with Gasteiger partial charge >= 0.3 is 0 Å². The van der Waals surface area contributed by atoms with Gasteiger partial charge in [-0.25, -0.2) is 36.1 Å². The van der Waals surface area contributed by atoms with Crippen molar-refractivity contribution in [3.63, 3.8) is 0 Å². The minimum absolute atomic E-state index is 0.0827. The van der Waals surface area contributed by atoms with Crippen molar-refractivity contribution >= 4 is 31.4 Å². The van der Waals surface area contributed by atoms with Crippen LogP contribution >= 0.6 is 11.3 Å². The monoisotopic (exact) mass is 351 g/mol. The van der Waals surface area contributed by atoms with Crippen molar-refractivity contribution < 1.29 is 21.2 Å². The first-order chi connectivity index (χ1) is 9.70. The molecule has 21 heavy (non-hydrogen) atoms. The summed E-state index contributed by atoms with van der Waals surface area (Å²) in [5.41, 5.74) is 0. The summed E-state index contributed by atoms with van der Waals surface area (Å²) in [6, 6.07) is 4.94. The average Bonchev–Trinajstić information content (AvgIpc) is 2.85. The predicted octanol–water partition coefficient (Wildman–Crippen LogP) is 0.408. The number of primary sulfonamides is 1. The molecule has 114 valence electrons. The lowest BCUT2D eigenvalue weighted by Gasteiger charge is -2.05. The maximum atomic E-state index is 13.4. The van der Waals surface area contributed by atoms with Gasteiger partial charge in [-0.2, -0.15) is 0 Å². The average molecular weight is 351 g/mol. The Kier molecular flexibility index (Phi) is 4.39. The molecule has 0 atom stereocenters. The number of sulfonamides is 2. The van der Waals surface area contributed by atoms with E-state index in [4.69, 9.17) is 5.14 Å². The van der Waals surface area contributed by atoms with E-state index in [1.807, 2.05) is 0 Å². The summed E-state index contributed by atoms with van der Waals surface area (Å²) < 4.78 is 61.4. The van der Waals surface area contributed by atoms with Crippen LogP contribution in [0.1, 0.15) is 4.88 Å². The normalized spacial score (nSPS) is 12.5. The molecule has 0 radical (unpaired) electrons. The van der Waals surface area contributed by atoms with Gasteiger partial charge in [-0.3, -0.25) is 0 Å². The third kappa shape index (κ3) is 3.83. The molecule has 0 saturated heterocycles. The summed E-state index contributed by atoms with van der Waals surface area (Å²) >= 11 is 0.826. The summed E-state index contributed by atoms with van der Waals surface area (Å²) in [5.74, 6) is -0.971. The lowest BCUT2D eigenvalue weighted by Crippen LogP contribution is -2.24. The van der Waals surface area contributed by atoms with Crippen LogP contribution in [0.3, 0.4) is 0 Å². The minimum atomic E-state index is -4.13. The molecule has 0 aliphatic heterocycles. The van der Waals surface area contributed by atoms with E-state index in [0.29, 0.717) is 4.88 Å². The van der Waals surface area contributed by atoms with Crippen LogP contribution < -0.4 is 9.86 Å². The van der Waals surface area contributed by atoms with Gasteiger partial charge in [0, 0.05) is 17.6 Å². The first-order valence-electron chi connectivity index (χ1n) is 5.42. The summed E-state index contributed by atoms with van der Waals surface area (Å²) in [4.78, 5) is 3.88. The molecule has 11 heteroatoms. The van der Waals surface area contributed by atoms with Gasteiger partial charge in [-0.15, -0.1) is 11.3 Å². The lowest BCUT2D eigenvalue weighted by molar-refractivity contribution is 0.544. The molecule has 0 aliphatic carbocycles. The fraction of sp³-hybridized carbons (Fsp3) is 0.100. The SMILES string of the molecule is NS(=O)(=O)c1ccc(CNS(=O)(=O)c2ncccc2F)s1.